The lowest BCUT2D eigenvalue weighted by atomic mass is 9.74. The third-order valence-corrected chi connectivity index (χ3v) is 7.27. The van der Waals surface area contributed by atoms with E-state index in [-0.39, 0.29) is 5.78 Å². The topological polar surface area (TPSA) is 50.1 Å². The van der Waals surface area contributed by atoms with Crippen molar-refractivity contribution in [1.29, 1.82) is 5.26 Å². The Bertz CT molecular complexity index is 637. The van der Waals surface area contributed by atoms with Crippen molar-refractivity contribution >= 4 is 17.1 Å². The minimum absolute atomic E-state index is 0.147. The first-order valence-electron chi connectivity index (χ1n) is 10.2. The van der Waals surface area contributed by atoms with Crippen LogP contribution < -0.4 is 0 Å². The third kappa shape index (κ3) is 4.75. The monoisotopic (exact) mass is 375 g/mol. The molecule has 0 bridgehead atoms. The number of ether oxygens (including phenoxy) is 1. The van der Waals surface area contributed by atoms with Crippen LogP contribution in [0.5, 0.6) is 0 Å². The van der Waals surface area contributed by atoms with Crippen molar-refractivity contribution in [3.8, 4) is 6.07 Å². The van der Waals surface area contributed by atoms with Gasteiger partial charge in [-0.05, 0) is 55.9 Å². The summed E-state index contributed by atoms with van der Waals surface area (Å²) in [6.45, 7) is 10.4. The SMILES string of the molecule is CCCCC(=O)c1c(C#N)sc(C(C)C(CCC)C2CCOCC2)c1C. The molecule has 2 rings (SSSR count). The number of carbonyl (C=O) groups is 1. The van der Waals surface area contributed by atoms with Gasteiger partial charge >= 0.3 is 0 Å². The quantitative estimate of drug-likeness (QED) is 0.479. The minimum atomic E-state index is 0.147. The third-order valence-electron chi connectivity index (χ3n) is 5.87. The summed E-state index contributed by atoms with van der Waals surface area (Å²) in [6, 6.07) is 2.30. The highest BCUT2D eigenvalue weighted by Gasteiger charge is 2.32. The van der Waals surface area contributed by atoms with Crippen molar-refractivity contribution in [2.24, 2.45) is 11.8 Å². The molecule has 2 unspecified atom stereocenters. The summed E-state index contributed by atoms with van der Waals surface area (Å²) in [5, 5.41) is 9.59. The van der Waals surface area contributed by atoms with E-state index >= 15 is 0 Å². The largest absolute Gasteiger partial charge is 0.381 e. The van der Waals surface area contributed by atoms with Crippen LogP contribution in [0.25, 0.3) is 0 Å². The molecule has 0 radical (unpaired) electrons. The zero-order valence-electron chi connectivity index (χ0n) is 16.8. The minimum Gasteiger partial charge on any atom is -0.381 e. The summed E-state index contributed by atoms with van der Waals surface area (Å²) >= 11 is 1.56. The lowest BCUT2D eigenvalue weighted by molar-refractivity contribution is 0.0404. The fourth-order valence-corrected chi connectivity index (χ4v) is 5.66. The molecule has 0 aromatic carbocycles. The summed E-state index contributed by atoms with van der Waals surface area (Å²) in [6.07, 6.45) is 7.08. The number of Topliss-reactive ketones (excluding diaryl/α,β-unsaturated/α-hetero) is 1. The lowest BCUT2D eigenvalue weighted by Gasteiger charge is -2.34. The number of hydrogen-bond acceptors (Lipinski definition) is 4. The molecule has 0 amide bonds. The lowest BCUT2D eigenvalue weighted by Crippen LogP contribution is -2.27. The highest BCUT2D eigenvalue weighted by atomic mass is 32.1. The van der Waals surface area contributed by atoms with E-state index in [9.17, 15) is 10.1 Å². The van der Waals surface area contributed by atoms with E-state index in [1.54, 1.807) is 11.3 Å². The van der Waals surface area contributed by atoms with Gasteiger partial charge in [-0.25, -0.2) is 0 Å². The van der Waals surface area contributed by atoms with Gasteiger partial charge in [0.2, 0.25) is 0 Å². The Morgan fingerprint density at radius 1 is 1.31 bits per heavy atom. The Hall–Kier alpha value is -1.18. The molecular weight excluding hydrogens is 342 g/mol. The fraction of sp³-hybridized carbons (Fsp3) is 0.727. The Morgan fingerprint density at radius 3 is 2.58 bits per heavy atom. The van der Waals surface area contributed by atoms with Crippen molar-refractivity contribution in [2.45, 2.75) is 78.6 Å². The van der Waals surface area contributed by atoms with E-state index in [1.165, 1.54) is 17.7 Å². The predicted octanol–water partition coefficient (Wildman–Crippen LogP) is 6.25. The van der Waals surface area contributed by atoms with Gasteiger partial charge in [0.15, 0.2) is 5.78 Å². The Kier molecular flexibility index (Phi) is 8.31. The number of hydrogen-bond donors (Lipinski definition) is 0. The molecule has 4 heteroatoms. The molecule has 1 saturated heterocycles. The van der Waals surface area contributed by atoms with Crippen LogP contribution in [0.2, 0.25) is 0 Å². The zero-order valence-corrected chi connectivity index (χ0v) is 17.6. The van der Waals surface area contributed by atoms with E-state index in [2.05, 4.69) is 33.8 Å². The number of carbonyl (C=O) groups excluding carboxylic acids is 1. The zero-order chi connectivity index (χ0) is 19.1. The van der Waals surface area contributed by atoms with Crippen LogP contribution in [0.15, 0.2) is 0 Å². The second-order valence-corrected chi connectivity index (χ2v) is 8.68. The maximum absolute atomic E-state index is 12.7. The van der Waals surface area contributed by atoms with Crippen LogP contribution in [0.1, 0.15) is 97.3 Å². The van der Waals surface area contributed by atoms with E-state index in [0.29, 0.717) is 34.6 Å². The molecule has 0 saturated carbocycles. The number of rotatable bonds is 9. The van der Waals surface area contributed by atoms with Crippen molar-refractivity contribution < 1.29 is 9.53 Å². The molecule has 2 atom stereocenters. The molecule has 1 aliphatic rings. The standard InChI is InChI=1S/C22H33NO2S/c1-5-7-9-19(24)21-16(4)22(26-20(21)14-23)15(3)18(8-6-2)17-10-12-25-13-11-17/h15,17-18H,5-13H2,1-4H3. The molecule has 1 aromatic rings. The van der Waals surface area contributed by atoms with Gasteiger partial charge in [0.25, 0.3) is 0 Å². The first-order valence-corrected chi connectivity index (χ1v) is 11.0. The molecule has 144 valence electrons. The van der Waals surface area contributed by atoms with Gasteiger partial charge in [0.1, 0.15) is 10.9 Å². The molecule has 26 heavy (non-hydrogen) atoms. The average Bonchev–Trinajstić information content (AvgIpc) is 3.00. The van der Waals surface area contributed by atoms with Gasteiger partial charge in [-0.2, -0.15) is 5.26 Å². The summed E-state index contributed by atoms with van der Waals surface area (Å²) in [4.78, 5) is 14.6. The second kappa shape index (κ2) is 10.2. The number of thiophene rings is 1. The Morgan fingerprint density at radius 2 is 2.00 bits per heavy atom. The van der Waals surface area contributed by atoms with Crippen molar-refractivity contribution in [3.05, 3.63) is 20.9 Å². The van der Waals surface area contributed by atoms with E-state index in [1.807, 2.05) is 0 Å². The average molecular weight is 376 g/mol. The molecule has 1 aromatic heterocycles. The van der Waals surface area contributed by atoms with Gasteiger partial charge in [-0.3, -0.25) is 4.79 Å². The summed E-state index contributed by atoms with van der Waals surface area (Å²) in [7, 11) is 0. The van der Waals surface area contributed by atoms with Crippen molar-refractivity contribution in [2.75, 3.05) is 13.2 Å². The fourth-order valence-electron chi connectivity index (χ4n) is 4.41. The molecular formula is C22H33NO2S. The van der Waals surface area contributed by atoms with Crippen LogP contribution in [-0.2, 0) is 4.74 Å². The first kappa shape index (κ1) is 21.1. The van der Waals surface area contributed by atoms with Crippen LogP contribution in [0, 0.1) is 30.1 Å². The molecule has 1 fully saturated rings. The predicted molar refractivity (Wildman–Crippen MR) is 108 cm³/mol. The maximum Gasteiger partial charge on any atom is 0.165 e. The van der Waals surface area contributed by atoms with Crippen LogP contribution >= 0.6 is 11.3 Å². The van der Waals surface area contributed by atoms with E-state index in [4.69, 9.17) is 4.74 Å². The van der Waals surface area contributed by atoms with E-state index in [0.717, 1.165) is 44.5 Å². The summed E-state index contributed by atoms with van der Waals surface area (Å²) in [5.41, 5.74) is 1.77. The Labute approximate surface area is 162 Å². The highest BCUT2D eigenvalue weighted by Crippen LogP contribution is 2.43. The first-order chi connectivity index (χ1) is 12.5. The van der Waals surface area contributed by atoms with Crippen molar-refractivity contribution in [3.63, 3.8) is 0 Å². The Balaban J connectivity index is 2.31. The molecule has 0 aliphatic carbocycles. The number of nitrogens with zero attached hydrogens (tertiary/aromatic N) is 1. The molecule has 0 N–H and O–H groups in total. The van der Waals surface area contributed by atoms with Crippen LogP contribution in [0.4, 0.5) is 0 Å². The van der Waals surface area contributed by atoms with Gasteiger partial charge in [-0.15, -0.1) is 11.3 Å². The summed E-state index contributed by atoms with van der Waals surface area (Å²) < 4.78 is 5.56. The number of unbranched alkanes of at least 4 members (excludes halogenated alkanes) is 1. The second-order valence-electron chi connectivity index (χ2n) is 7.62. The molecule has 2 heterocycles. The smallest absolute Gasteiger partial charge is 0.165 e. The molecule has 0 spiro atoms. The maximum atomic E-state index is 12.7. The van der Waals surface area contributed by atoms with Crippen LogP contribution in [0.3, 0.4) is 0 Å². The highest BCUT2D eigenvalue weighted by molar-refractivity contribution is 7.13. The van der Waals surface area contributed by atoms with Gasteiger partial charge < -0.3 is 4.74 Å². The molecule has 1 aliphatic heterocycles. The van der Waals surface area contributed by atoms with Gasteiger partial charge in [-0.1, -0.05) is 33.6 Å². The van der Waals surface area contributed by atoms with Crippen LogP contribution in [-0.4, -0.2) is 19.0 Å². The van der Waals surface area contributed by atoms with E-state index < -0.39 is 0 Å². The van der Waals surface area contributed by atoms with Crippen molar-refractivity contribution in [1.82, 2.24) is 0 Å². The normalized spacial score (nSPS) is 17.7. The number of nitriles is 1. The molecule has 3 nitrogen and oxygen atoms in total. The van der Waals surface area contributed by atoms with Gasteiger partial charge in [0.05, 0.1) is 0 Å². The summed E-state index contributed by atoms with van der Waals surface area (Å²) in [5.74, 6) is 1.83. The van der Waals surface area contributed by atoms with Gasteiger partial charge in [0, 0.05) is 30.1 Å². The number of ketones is 1.